The molecular weight excluding hydrogens is 262 g/mol. The molecule has 0 heterocycles. The van der Waals surface area contributed by atoms with Gasteiger partial charge in [-0.15, -0.1) is 0 Å². The molecule has 1 aromatic carbocycles. The fourth-order valence-corrected chi connectivity index (χ4v) is 2.63. The van der Waals surface area contributed by atoms with Gasteiger partial charge in [0.1, 0.15) is 0 Å². The third kappa shape index (κ3) is 3.44. The predicted molar refractivity (Wildman–Crippen MR) is 66.9 cm³/mol. The second kappa shape index (κ2) is 5.51. The van der Waals surface area contributed by atoms with Gasteiger partial charge in [0.15, 0.2) is 16.4 Å². The number of hydrogen-bond acceptors (Lipinski definition) is 3. The topological polar surface area (TPSA) is 57.4 Å². The summed E-state index contributed by atoms with van der Waals surface area (Å²) in [5.41, 5.74) is 0.431. The van der Waals surface area contributed by atoms with Crippen LogP contribution in [0.25, 0.3) is 0 Å². The maximum atomic E-state index is 11.9. The number of rotatable bonds is 4. The number of sulfone groups is 1. The molecule has 0 saturated carbocycles. The molecule has 0 atom stereocenters. The third-order valence-electron chi connectivity index (χ3n) is 2.30. The van der Waals surface area contributed by atoms with Gasteiger partial charge in [0.05, 0.1) is 16.2 Å². The molecule has 17 heavy (non-hydrogen) atoms. The molecule has 1 N–H and O–H groups in total. The molecule has 0 saturated heterocycles. The Morgan fingerprint density at radius 3 is 2.59 bits per heavy atom. The minimum atomic E-state index is -3.36. The summed E-state index contributed by atoms with van der Waals surface area (Å²) in [5.74, 6) is -0.00820. The van der Waals surface area contributed by atoms with Gasteiger partial charge in [-0.2, -0.15) is 0 Å². The van der Waals surface area contributed by atoms with E-state index in [-0.39, 0.29) is 10.6 Å². The van der Waals surface area contributed by atoms with E-state index in [9.17, 15) is 13.6 Å². The van der Waals surface area contributed by atoms with Crippen molar-refractivity contribution in [2.75, 3.05) is 12.3 Å². The molecule has 0 unspecified atom stereocenters. The van der Waals surface area contributed by atoms with E-state index >= 15 is 0 Å². The van der Waals surface area contributed by atoms with Gasteiger partial charge < -0.3 is 0 Å². The van der Waals surface area contributed by atoms with E-state index in [2.05, 4.69) is 0 Å². The first-order valence-electron chi connectivity index (χ1n) is 5.23. The Balaban J connectivity index is 3.42. The van der Waals surface area contributed by atoms with Crippen molar-refractivity contribution in [1.29, 1.82) is 0 Å². The van der Waals surface area contributed by atoms with Gasteiger partial charge in [0, 0.05) is 5.02 Å². The summed E-state index contributed by atoms with van der Waals surface area (Å²) in [4.78, 5) is 0.139. The highest BCUT2D eigenvalue weighted by Crippen LogP contribution is 2.20. The summed E-state index contributed by atoms with van der Waals surface area (Å²) >= 11 is 5.80. The van der Waals surface area contributed by atoms with Gasteiger partial charge in [0.25, 0.3) is 0 Å². The van der Waals surface area contributed by atoms with Crippen LogP contribution in [0.3, 0.4) is 0 Å². The van der Waals surface area contributed by atoms with Crippen molar-refractivity contribution in [1.82, 2.24) is 0 Å². The zero-order valence-electron chi connectivity index (χ0n) is 9.72. The average Bonchev–Trinajstić information content (AvgIpc) is 2.31. The smallest absolute Gasteiger partial charge is 0.223 e. The van der Waals surface area contributed by atoms with Crippen LogP contribution in [-0.2, 0) is 9.84 Å². The molecule has 0 fully saturated rings. The van der Waals surface area contributed by atoms with Crippen molar-refractivity contribution in [3.8, 4) is 0 Å². The fourth-order valence-electron chi connectivity index (χ4n) is 1.29. The SMILES string of the molecule is CC/[N+](O)=C/c1ccc(Cl)cc1S(=O)(=O)CC. The summed E-state index contributed by atoms with van der Waals surface area (Å²) in [6.07, 6.45) is 1.37. The van der Waals surface area contributed by atoms with Crippen LogP contribution in [0.5, 0.6) is 0 Å². The Bertz CT molecular complexity index is 538. The molecular formula is C11H15ClNO3S+. The monoisotopic (exact) mass is 276 g/mol. The number of halogens is 1. The quantitative estimate of drug-likeness (QED) is 0.396. The van der Waals surface area contributed by atoms with Crippen LogP contribution in [0, 0.1) is 0 Å². The van der Waals surface area contributed by atoms with Crippen molar-refractivity contribution < 1.29 is 18.4 Å². The fraction of sp³-hybridized carbons (Fsp3) is 0.364. The minimum absolute atomic E-state index is 0.00820. The lowest BCUT2D eigenvalue weighted by molar-refractivity contribution is -0.768. The first-order valence-corrected chi connectivity index (χ1v) is 7.26. The standard InChI is InChI=1S/C11H15ClNO3S/c1-3-13(14)8-9-5-6-10(12)7-11(9)17(15,16)4-2/h5-8,14H,3-4H2,1-2H3/q+1/b13-8-. The summed E-state index contributed by atoms with van der Waals surface area (Å²) < 4.78 is 24.7. The first-order chi connectivity index (χ1) is 7.90. The van der Waals surface area contributed by atoms with Gasteiger partial charge in [0.2, 0.25) is 6.21 Å². The first kappa shape index (κ1) is 14.0. The van der Waals surface area contributed by atoms with E-state index in [0.29, 0.717) is 17.1 Å². The molecule has 0 aromatic heterocycles. The Hall–Kier alpha value is -1.07. The van der Waals surface area contributed by atoms with E-state index in [0.717, 1.165) is 4.74 Å². The second-order valence-electron chi connectivity index (χ2n) is 3.47. The van der Waals surface area contributed by atoms with E-state index < -0.39 is 9.84 Å². The van der Waals surface area contributed by atoms with Crippen molar-refractivity contribution in [3.05, 3.63) is 28.8 Å². The molecule has 0 aliphatic rings. The molecule has 1 rings (SSSR count). The van der Waals surface area contributed by atoms with Crippen molar-refractivity contribution in [2.24, 2.45) is 0 Å². The van der Waals surface area contributed by atoms with E-state index in [1.54, 1.807) is 26.0 Å². The maximum Gasteiger partial charge on any atom is 0.223 e. The van der Waals surface area contributed by atoms with Crippen molar-refractivity contribution in [3.63, 3.8) is 0 Å². The van der Waals surface area contributed by atoms with Crippen molar-refractivity contribution in [2.45, 2.75) is 18.7 Å². The molecule has 94 valence electrons. The summed E-state index contributed by atoms with van der Waals surface area (Å²) in [6.45, 7) is 3.69. The molecule has 4 nitrogen and oxygen atoms in total. The second-order valence-corrected chi connectivity index (χ2v) is 6.15. The molecule has 0 aliphatic heterocycles. The van der Waals surface area contributed by atoms with Gasteiger partial charge in [-0.3, -0.25) is 5.21 Å². The largest absolute Gasteiger partial charge is 0.291 e. The van der Waals surface area contributed by atoms with Gasteiger partial charge in [-0.05, 0) is 29.9 Å². The summed E-state index contributed by atoms with van der Waals surface area (Å²) in [6, 6.07) is 4.56. The molecule has 0 aliphatic carbocycles. The Kier molecular flexibility index (Phi) is 4.54. The molecule has 0 spiro atoms. The van der Waals surface area contributed by atoms with Crippen LogP contribution in [0.1, 0.15) is 19.4 Å². The lowest BCUT2D eigenvalue weighted by Crippen LogP contribution is -2.12. The highest BCUT2D eigenvalue weighted by Gasteiger charge is 2.18. The zero-order chi connectivity index (χ0) is 13.1. The highest BCUT2D eigenvalue weighted by atomic mass is 35.5. The summed E-state index contributed by atoms with van der Waals surface area (Å²) in [7, 11) is -3.36. The Morgan fingerprint density at radius 1 is 1.41 bits per heavy atom. The van der Waals surface area contributed by atoms with Crippen molar-refractivity contribution >= 4 is 27.7 Å². The van der Waals surface area contributed by atoms with Crippen LogP contribution in [0.15, 0.2) is 23.1 Å². The van der Waals surface area contributed by atoms with Crippen LogP contribution in [-0.4, -0.2) is 36.9 Å². The van der Waals surface area contributed by atoms with E-state index in [4.69, 9.17) is 11.6 Å². The number of hydroxylamine groups is 1. The molecule has 0 amide bonds. The highest BCUT2D eigenvalue weighted by molar-refractivity contribution is 7.91. The molecule has 0 bridgehead atoms. The Morgan fingerprint density at radius 2 is 2.06 bits per heavy atom. The lowest BCUT2D eigenvalue weighted by Gasteiger charge is -2.04. The normalized spacial score (nSPS) is 12.8. The maximum absolute atomic E-state index is 11.9. The number of benzene rings is 1. The van der Waals surface area contributed by atoms with E-state index in [1.807, 2.05) is 0 Å². The molecule has 0 radical (unpaired) electrons. The Labute approximate surface area is 106 Å². The van der Waals surface area contributed by atoms with Gasteiger partial charge >= 0.3 is 0 Å². The zero-order valence-corrected chi connectivity index (χ0v) is 11.3. The van der Waals surface area contributed by atoms with Crippen LogP contribution >= 0.6 is 11.6 Å². The molecule has 6 heteroatoms. The van der Waals surface area contributed by atoms with Crippen LogP contribution in [0.2, 0.25) is 5.02 Å². The summed E-state index contributed by atoms with van der Waals surface area (Å²) in [5, 5.41) is 9.75. The van der Waals surface area contributed by atoms with Crippen LogP contribution in [0.4, 0.5) is 0 Å². The lowest BCUT2D eigenvalue weighted by atomic mass is 10.2. The van der Waals surface area contributed by atoms with Gasteiger partial charge in [-0.25, -0.2) is 8.42 Å². The average molecular weight is 277 g/mol. The van der Waals surface area contributed by atoms with E-state index in [1.165, 1.54) is 12.3 Å². The number of nitrogens with zero attached hydrogens (tertiary/aromatic N) is 1. The predicted octanol–water partition coefficient (Wildman–Crippen LogP) is 1.97. The minimum Gasteiger partial charge on any atom is -0.291 e. The third-order valence-corrected chi connectivity index (χ3v) is 4.32. The van der Waals surface area contributed by atoms with Gasteiger partial charge in [-0.1, -0.05) is 18.5 Å². The molecule has 1 aromatic rings. The number of hydrogen-bond donors (Lipinski definition) is 1. The van der Waals surface area contributed by atoms with Crippen LogP contribution < -0.4 is 0 Å².